The van der Waals surface area contributed by atoms with Crippen molar-refractivity contribution in [1.29, 1.82) is 0 Å². The van der Waals surface area contributed by atoms with Crippen molar-refractivity contribution in [3.8, 4) is 11.4 Å². The van der Waals surface area contributed by atoms with Crippen LogP contribution >= 0.6 is 34.7 Å². The van der Waals surface area contributed by atoms with Crippen LogP contribution in [0.2, 0.25) is 5.02 Å². The number of nitrogen functional groups attached to an aromatic ring is 1. The van der Waals surface area contributed by atoms with Crippen LogP contribution in [-0.4, -0.2) is 62.4 Å². The first-order chi connectivity index (χ1) is 18.5. The Morgan fingerprint density at radius 1 is 1.21 bits per heavy atom. The normalized spacial score (nSPS) is 27.2. The molecule has 38 heavy (non-hydrogen) atoms. The van der Waals surface area contributed by atoms with E-state index in [1.165, 1.54) is 23.1 Å². The predicted octanol–water partition coefficient (Wildman–Crippen LogP) is 4.53. The highest BCUT2D eigenvalue weighted by Gasteiger charge is 2.52. The van der Waals surface area contributed by atoms with Gasteiger partial charge in [-0.2, -0.15) is 0 Å². The van der Waals surface area contributed by atoms with E-state index in [0.717, 1.165) is 16.2 Å². The Hall–Kier alpha value is -2.58. The summed E-state index contributed by atoms with van der Waals surface area (Å²) in [5.74, 6) is 0. The number of pyridine rings is 1. The standard InChI is InChI=1S/C25H25ClN6O4S2/c1-13-19(8-15(26)9-28-13)38-24-22(33-2)20(32-10-16(30-31-32)17-12-37-25(27)29-17)21-18(35-24)11-34-23(36-21)14-6-4-3-5-7-14/h3-10,12,18,20-24H,11H2,1-2H3,(H2,27,29)/t18?,20-,21-,22?,23?,24+/m0/s1. The summed E-state index contributed by atoms with van der Waals surface area (Å²) in [7, 11) is 1.66. The van der Waals surface area contributed by atoms with E-state index in [2.05, 4.69) is 20.3 Å². The summed E-state index contributed by atoms with van der Waals surface area (Å²) in [6.45, 7) is 2.27. The van der Waals surface area contributed by atoms with Gasteiger partial charge in [-0.15, -0.1) is 16.4 Å². The summed E-state index contributed by atoms with van der Waals surface area (Å²) in [5.41, 5.74) is 8.47. The lowest BCUT2D eigenvalue weighted by atomic mass is 9.95. The van der Waals surface area contributed by atoms with E-state index in [1.807, 2.05) is 54.9 Å². The first kappa shape index (κ1) is 25.7. The molecule has 10 nitrogen and oxygen atoms in total. The van der Waals surface area contributed by atoms with Gasteiger partial charge in [-0.25, -0.2) is 9.67 Å². The molecule has 0 spiro atoms. The molecule has 0 aliphatic carbocycles. The summed E-state index contributed by atoms with van der Waals surface area (Å²) >= 11 is 9.11. The van der Waals surface area contributed by atoms with Crippen molar-refractivity contribution in [2.75, 3.05) is 19.5 Å². The van der Waals surface area contributed by atoms with Crippen molar-refractivity contribution >= 4 is 39.8 Å². The Morgan fingerprint density at radius 2 is 2.05 bits per heavy atom. The summed E-state index contributed by atoms with van der Waals surface area (Å²) in [6.07, 6.45) is 1.67. The van der Waals surface area contributed by atoms with Crippen molar-refractivity contribution < 1.29 is 18.9 Å². The fourth-order valence-corrected chi connectivity index (χ4v) is 6.72. The molecule has 2 fully saturated rings. The van der Waals surface area contributed by atoms with E-state index in [0.29, 0.717) is 28.1 Å². The molecule has 0 bridgehead atoms. The molecule has 6 atom stereocenters. The number of aryl methyl sites for hydroxylation is 1. The van der Waals surface area contributed by atoms with E-state index < -0.39 is 23.9 Å². The van der Waals surface area contributed by atoms with Crippen LogP contribution in [0, 0.1) is 6.92 Å². The Kier molecular flexibility index (Phi) is 7.36. The zero-order valence-electron chi connectivity index (χ0n) is 20.5. The number of benzene rings is 1. The smallest absolute Gasteiger partial charge is 0.184 e. The monoisotopic (exact) mass is 572 g/mol. The van der Waals surface area contributed by atoms with Gasteiger partial charge >= 0.3 is 0 Å². The molecule has 0 radical (unpaired) electrons. The van der Waals surface area contributed by atoms with Crippen LogP contribution in [0.15, 0.2) is 59.1 Å². The second-order valence-corrected chi connectivity index (χ2v) is 11.4. The predicted molar refractivity (Wildman–Crippen MR) is 144 cm³/mol. The molecule has 2 saturated heterocycles. The molecule has 3 unspecified atom stereocenters. The zero-order valence-corrected chi connectivity index (χ0v) is 22.9. The number of rotatable bonds is 6. The van der Waals surface area contributed by atoms with Gasteiger partial charge in [0.2, 0.25) is 0 Å². The van der Waals surface area contributed by atoms with Gasteiger partial charge in [-0.1, -0.05) is 58.9 Å². The lowest BCUT2D eigenvalue weighted by Gasteiger charge is -2.48. The number of halogens is 1. The number of ether oxygens (including phenoxy) is 4. The SMILES string of the molecule is COC1[C@@H](Sc2cc(Cl)cnc2C)OC2COC(c3ccccc3)O[C@@H]2[C@@H]1n1cc(-c2csc(N)n2)nn1. The lowest BCUT2D eigenvalue weighted by molar-refractivity contribution is -0.308. The van der Waals surface area contributed by atoms with Crippen LogP contribution in [0.1, 0.15) is 23.6 Å². The van der Waals surface area contributed by atoms with Crippen molar-refractivity contribution in [3.05, 3.63) is 70.5 Å². The van der Waals surface area contributed by atoms with Crippen LogP contribution in [0.5, 0.6) is 0 Å². The molecule has 3 aromatic heterocycles. The molecule has 2 aliphatic rings. The van der Waals surface area contributed by atoms with Gasteiger partial charge in [-0.05, 0) is 13.0 Å². The van der Waals surface area contributed by atoms with Gasteiger partial charge in [0.1, 0.15) is 41.2 Å². The number of aromatic nitrogens is 5. The average molecular weight is 573 g/mol. The molecule has 13 heteroatoms. The van der Waals surface area contributed by atoms with Crippen LogP contribution in [0.25, 0.3) is 11.4 Å². The zero-order chi connectivity index (χ0) is 26.2. The molecule has 2 N–H and O–H groups in total. The highest BCUT2D eigenvalue weighted by atomic mass is 35.5. The summed E-state index contributed by atoms with van der Waals surface area (Å²) in [5, 5.41) is 11.7. The first-order valence-corrected chi connectivity index (χ1v) is 14.1. The molecular weight excluding hydrogens is 548 g/mol. The van der Waals surface area contributed by atoms with Gasteiger partial charge in [0, 0.05) is 29.1 Å². The Labute approximate surface area is 232 Å². The van der Waals surface area contributed by atoms with Crippen LogP contribution in [0.4, 0.5) is 5.13 Å². The van der Waals surface area contributed by atoms with Gasteiger partial charge in [0.05, 0.1) is 23.5 Å². The molecule has 198 valence electrons. The summed E-state index contributed by atoms with van der Waals surface area (Å²) in [6, 6.07) is 11.3. The molecular formula is C25H25ClN6O4S2. The van der Waals surface area contributed by atoms with E-state index in [-0.39, 0.29) is 12.1 Å². The Morgan fingerprint density at radius 3 is 2.82 bits per heavy atom. The minimum absolute atomic E-state index is 0.338. The molecule has 0 saturated carbocycles. The molecule has 1 aromatic carbocycles. The topological polar surface area (TPSA) is 119 Å². The van der Waals surface area contributed by atoms with E-state index in [9.17, 15) is 0 Å². The summed E-state index contributed by atoms with van der Waals surface area (Å²) in [4.78, 5) is 9.65. The number of nitrogens with two attached hydrogens (primary N) is 1. The number of anilines is 1. The average Bonchev–Trinajstić information content (AvgIpc) is 3.59. The van der Waals surface area contributed by atoms with Crippen molar-refractivity contribution in [3.63, 3.8) is 0 Å². The number of hydrogen-bond acceptors (Lipinski definition) is 11. The number of thiazole rings is 1. The van der Waals surface area contributed by atoms with Crippen molar-refractivity contribution in [2.45, 2.75) is 47.9 Å². The third kappa shape index (κ3) is 5.05. The quantitative estimate of drug-likeness (QED) is 0.353. The fourth-order valence-electron chi connectivity index (χ4n) is 4.67. The van der Waals surface area contributed by atoms with E-state index >= 15 is 0 Å². The van der Waals surface area contributed by atoms with Crippen LogP contribution < -0.4 is 5.73 Å². The molecule has 4 aromatic rings. The van der Waals surface area contributed by atoms with Crippen molar-refractivity contribution in [2.24, 2.45) is 0 Å². The number of methoxy groups -OCH3 is 1. The highest BCUT2D eigenvalue weighted by Crippen LogP contribution is 2.45. The van der Waals surface area contributed by atoms with Gasteiger partial charge in [0.15, 0.2) is 11.4 Å². The maximum Gasteiger partial charge on any atom is 0.184 e. The second-order valence-electron chi connectivity index (χ2n) is 8.92. The molecule has 2 aliphatic heterocycles. The van der Waals surface area contributed by atoms with Gasteiger partial charge < -0.3 is 24.7 Å². The second kappa shape index (κ2) is 10.9. The maximum atomic E-state index is 6.55. The highest BCUT2D eigenvalue weighted by molar-refractivity contribution is 7.99. The first-order valence-electron chi connectivity index (χ1n) is 11.9. The number of thioether (sulfide) groups is 1. The van der Waals surface area contributed by atoms with Crippen molar-refractivity contribution in [1.82, 2.24) is 25.0 Å². The van der Waals surface area contributed by atoms with Gasteiger partial charge in [0.25, 0.3) is 0 Å². The lowest BCUT2D eigenvalue weighted by Crippen LogP contribution is -2.59. The summed E-state index contributed by atoms with van der Waals surface area (Å²) < 4.78 is 27.1. The van der Waals surface area contributed by atoms with E-state index in [4.69, 9.17) is 36.3 Å². The third-order valence-electron chi connectivity index (χ3n) is 6.50. The maximum absolute atomic E-state index is 6.55. The molecule has 0 amide bonds. The van der Waals surface area contributed by atoms with Gasteiger partial charge in [-0.3, -0.25) is 4.98 Å². The molecule has 6 rings (SSSR count). The Bertz CT molecular complexity index is 1410. The number of hydrogen-bond donors (Lipinski definition) is 1. The fraction of sp³-hybridized carbons (Fsp3) is 0.360. The third-order valence-corrected chi connectivity index (χ3v) is 8.66. The molecule has 5 heterocycles. The van der Waals surface area contributed by atoms with Crippen LogP contribution in [-0.2, 0) is 18.9 Å². The largest absolute Gasteiger partial charge is 0.375 e. The minimum Gasteiger partial charge on any atom is -0.375 e. The minimum atomic E-state index is -0.550. The Balaban J connectivity index is 1.36. The number of nitrogens with zero attached hydrogens (tertiary/aromatic N) is 5. The number of fused-ring (bicyclic) bond motifs is 1. The van der Waals surface area contributed by atoms with Crippen LogP contribution in [0.3, 0.4) is 0 Å². The van der Waals surface area contributed by atoms with E-state index in [1.54, 1.807) is 18.0 Å².